The summed E-state index contributed by atoms with van der Waals surface area (Å²) in [5.41, 5.74) is 0. The number of carboxylic acid groups (broad SMARTS) is 1. The smallest absolute Gasteiger partial charge is 0.308 e. The molecule has 0 aromatic rings. The van der Waals surface area contributed by atoms with Crippen molar-refractivity contribution < 1.29 is 14.7 Å². The second-order valence-corrected chi connectivity index (χ2v) is 5.47. The Kier molecular flexibility index (Phi) is 6.16. The Hall–Kier alpha value is -1.06. The first-order valence-corrected chi connectivity index (χ1v) is 7.06. The van der Waals surface area contributed by atoms with Crippen LogP contribution in [-0.2, 0) is 9.59 Å². The lowest BCUT2D eigenvalue weighted by molar-refractivity contribution is -0.143. The van der Waals surface area contributed by atoms with Crippen molar-refractivity contribution >= 4 is 11.9 Å². The average Bonchev–Trinajstić information content (AvgIpc) is 2.54. The first-order chi connectivity index (χ1) is 8.54. The largest absolute Gasteiger partial charge is 0.481 e. The molecule has 4 heteroatoms. The van der Waals surface area contributed by atoms with Gasteiger partial charge >= 0.3 is 5.97 Å². The van der Waals surface area contributed by atoms with Crippen molar-refractivity contribution in [1.82, 2.24) is 5.32 Å². The van der Waals surface area contributed by atoms with Crippen molar-refractivity contribution in [3.8, 4) is 0 Å². The Morgan fingerprint density at radius 2 is 1.94 bits per heavy atom. The summed E-state index contributed by atoms with van der Waals surface area (Å²) in [6.45, 7) is 4.10. The van der Waals surface area contributed by atoms with E-state index in [0.717, 1.165) is 32.1 Å². The lowest BCUT2D eigenvalue weighted by atomic mass is 9.94. The van der Waals surface area contributed by atoms with Gasteiger partial charge in [0.05, 0.1) is 5.92 Å². The standard InChI is InChI=1S/C14H25NO3/c1-3-10(2)9-13(16)15-12-8-6-4-5-7-11(12)14(17)18/h10-12H,3-9H2,1-2H3,(H,15,16)(H,17,18). The number of aliphatic carboxylic acids is 1. The highest BCUT2D eigenvalue weighted by molar-refractivity contribution is 5.78. The van der Waals surface area contributed by atoms with E-state index in [0.29, 0.717) is 18.8 Å². The lowest BCUT2D eigenvalue weighted by Gasteiger charge is -2.23. The van der Waals surface area contributed by atoms with E-state index in [1.54, 1.807) is 0 Å². The summed E-state index contributed by atoms with van der Waals surface area (Å²) in [5.74, 6) is -0.819. The minimum atomic E-state index is -0.772. The van der Waals surface area contributed by atoms with Crippen LogP contribution in [0.25, 0.3) is 0 Å². The van der Waals surface area contributed by atoms with Crippen molar-refractivity contribution in [2.24, 2.45) is 11.8 Å². The van der Waals surface area contributed by atoms with Crippen molar-refractivity contribution in [3.05, 3.63) is 0 Å². The molecule has 1 saturated carbocycles. The van der Waals surface area contributed by atoms with Crippen LogP contribution in [0.15, 0.2) is 0 Å². The molecule has 1 rings (SSSR count). The minimum absolute atomic E-state index is 0.00231. The molecule has 3 unspecified atom stereocenters. The Bertz CT molecular complexity index is 291. The molecular formula is C14H25NO3. The summed E-state index contributed by atoms with van der Waals surface area (Å²) in [5, 5.41) is 12.2. The third-order valence-electron chi connectivity index (χ3n) is 3.91. The fraction of sp³-hybridized carbons (Fsp3) is 0.857. The molecule has 2 N–H and O–H groups in total. The van der Waals surface area contributed by atoms with Gasteiger partial charge in [0.2, 0.25) is 5.91 Å². The highest BCUT2D eigenvalue weighted by Crippen LogP contribution is 2.24. The Labute approximate surface area is 109 Å². The average molecular weight is 255 g/mol. The van der Waals surface area contributed by atoms with E-state index in [2.05, 4.69) is 12.2 Å². The highest BCUT2D eigenvalue weighted by Gasteiger charge is 2.30. The van der Waals surface area contributed by atoms with Gasteiger partial charge in [0.15, 0.2) is 0 Å². The summed E-state index contributed by atoms with van der Waals surface area (Å²) in [4.78, 5) is 23.1. The van der Waals surface area contributed by atoms with Crippen LogP contribution in [0.1, 0.15) is 58.8 Å². The second-order valence-electron chi connectivity index (χ2n) is 5.47. The summed E-state index contributed by atoms with van der Waals surface area (Å²) in [7, 11) is 0. The Morgan fingerprint density at radius 3 is 2.56 bits per heavy atom. The van der Waals surface area contributed by atoms with Crippen molar-refractivity contribution in [1.29, 1.82) is 0 Å². The fourth-order valence-electron chi connectivity index (χ4n) is 2.50. The van der Waals surface area contributed by atoms with Gasteiger partial charge in [0.1, 0.15) is 0 Å². The number of carboxylic acids is 1. The van der Waals surface area contributed by atoms with Gasteiger partial charge in [0.25, 0.3) is 0 Å². The third-order valence-corrected chi connectivity index (χ3v) is 3.91. The molecule has 0 aromatic carbocycles. The van der Waals surface area contributed by atoms with E-state index in [9.17, 15) is 14.7 Å². The number of hydrogen-bond acceptors (Lipinski definition) is 2. The van der Waals surface area contributed by atoms with Gasteiger partial charge in [-0.1, -0.05) is 39.5 Å². The van der Waals surface area contributed by atoms with E-state index in [-0.39, 0.29) is 11.9 Å². The van der Waals surface area contributed by atoms with Gasteiger partial charge in [-0.3, -0.25) is 9.59 Å². The molecule has 1 fully saturated rings. The first kappa shape index (κ1) is 15.0. The van der Waals surface area contributed by atoms with E-state index >= 15 is 0 Å². The number of hydrogen-bond donors (Lipinski definition) is 2. The molecule has 0 heterocycles. The number of carbonyl (C=O) groups excluding carboxylic acids is 1. The van der Waals surface area contributed by atoms with E-state index in [4.69, 9.17) is 0 Å². The van der Waals surface area contributed by atoms with Crippen LogP contribution < -0.4 is 5.32 Å². The monoisotopic (exact) mass is 255 g/mol. The van der Waals surface area contributed by atoms with Crippen molar-refractivity contribution in [3.63, 3.8) is 0 Å². The van der Waals surface area contributed by atoms with Gasteiger partial charge in [-0.05, 0) is 18.8 Å². The number of rotatable bonds is 5. The van der Waals surface area contributed by atoms with E-state index in [1.165, 1.54) is 0 Å². The summed E-state index contributed by atoms with van der Waals surface area (Å²) in [6, 6.07) is -0.179. The van der Waals surface area contributed by atoms with Gasteiger partial charge in [-0.15, -0.1) is 0 Å². The summed E-state index contributed by atoms with van der Waals surface area (Å²) < 4.78 is 0. The van der Waals surface area contributed by atoms with Gasteiger partial charge in [-0.2, -0.15) is 0 Å². The summed E-state index contributed by atoms with van der Waals surface area (Å²) in [6.07, 6.45) is 5.99. The third kappa shape index (κ3) is 4.67. The molecule has 0 aromatic heterocycles. The first-order valence-electron chi connectivity index (χ1n) is 7.06. The Morgan fingerprint density at radius 1 is 1.28 bits per heavy atom. The molecule has 1 aliphatic carbocycles. The highest BCUT2D eigenvalue weighted by atomic mass is 16.4. The van der Waals surface area contributed by atoms with E-state index < -0.39 is 11.9 Å². The van der Waals surface area contributed by atoms with Crippen LogP contribution >= 0.6 is 0 Å². The van der Waals surface area contributed by atoms with Crippen molar-refractivity contribution in [2.75, 3.05) is 0 Å². The second kappa shape index (κ2) is 7.39. The van der Waals surface area contributed by atoms with Crippen LogP contribution in [-0.4, -0.2) is 23.0 Å². The van der Waals surface area contributed by atoms with Crippen LogP contribution in [0.2, 0.25) is 0 Å². The van der Waals surface area contributed by atoms with Crippen LogP contribution in [0.3, 0.4) is 0 Å². The predicted molar refractivity (Wildman–Crippen MR) is 70.2 cm³/mol. The zero-order chi connectivity index (χ0) is 13.5. The van der Waals surface area contributed by atoms with Gasteiger partial charge < -0.3 is 10.4 Å². The fourth-order valence-corrected chi connectivity index (χ4v) is 2.50. The maximum atomic E-state index is 11.9. The molecule has 0 radical (unpaired) electrons. The quantitative estimate of drug-likeness (QED) is 0.742. The predicted octanol–water partition coefficient (Wildman–Crippen LogP) is 2.57. The molecule has 0 spiro atoms. The molecule has 18 heavy (non-hydrogen) atoms. The topological polar surface area (TPSA) is 66.4 Å². The van der Waals surface area contributed by atoms with E-state index in [1.807, 2.05) is 6.92 Å². The van der Waals surface area contributed by atoms with Crippen LogP contribution in [0, 0.1) is 11.8 Å². The van der Waals surface area contributed by atoms with Crippen LogP contribution in [0.5, 0.6) is 0 Å². The number of amides is 1. The number of nitrogens with one attached hydrogen (secondary N) is 1. The maximum absolute atomic E-state index is 11.9. The molecule has 1 amide bonds. The van der Waals surface area contributed by atoms with Gasteiger partial charge in [-0.25, -0.2) is 0 Å². The minimum Gasteiger partial charge on any atom is -0.481 e. The maximum Gasteiger partial charge on any atom is 0.308 e. The van der Waals surface area contributed by atoms with Crippen molar-refractivity contribution in [2.45, 2.75) is 64.8 Å². The molecular weight excluding hydrogens is 230 g/mol. The molecule has 104 valence electrons. The number of carbonyl (C=O) groups is 2. The molecule has 0 bridgehead atoms. The zero-order valence-corrected chi connectivity index (χ0v) is 11.4. The van der Waals surface area contributed by atoms with Crippen LogP contribution in [0.4, 0.5) is 0 Å². The molecule has 0 saturated heterocycles. The zero-order valence-electron chi connectivity index (χ0n) is 11.4. The molecule has 0 aliphatic heterocycles. The Balaban J connectivity index is 2.55. The normalized spacial score (nSPS) is 26.1. The summed E-state index contributed by atoms with van der Waals surface area (Å²) >= 11 is 0. The molecule has 4 nitrogen and oxygen atoms in total. The molecule has 3 atom stereocenters. The SMILES string of the molecule is CCC(C)CC(=O)NC1CCCCCC1C(=O)O. The van der Waals surface area contributed by atoms with Gasteiger partial charge in [0, 0.05) is 12.5 Å². The lowest BCUT2D eigenvalue weighted by Crippen LogP contribution is -2.43. The molecule has 1 aliphatic rings.